The Bertz CT molecular complexity index is 460. The van der Waals surface area contributed by atoms with Gasteiger partial charge in [0.2, 0.25) is 0 Å². The Kier molecular flexibility index (Phi) is 2.94. The van der Waals surface area contributed by atoms with Gasteiger partial charge in [0.05, 0.1) is 17.7 Å². The van der Waals surface area contributed by atoms with Gasteiger partial charge in [-0.05, 0) is 30.7 Å². The van der Waals surface area contributed by atoms with Gasteiger partial charge < -0.3 is 15.8 Å². The number of anilines is 1. The number of fused-ring (bicyclic) bond motifs is 1. The van der Waals surface area contributed by atoms with E-state index < -0.39 is 11.7 Å². The van der Waals surface area contributed by atoms with Crippen LogP contribution in [0.1, 0.15) is 12.0 Å². The van der Waals surface area contributed by atoms with Crippen molar-refractivity contribution in [2.45, 2.75) is 30.8 Å². The zero-order valence-corrected chi connectivity index (χ0v) is 10.2. The summed E-state index contributed by atoms with van der Waals surface area (Å²) in [7, 11) is 0. The molecular formula is C13H15F3N2O. The Morgan fingerprint density at radius 1 is 1.21 bits per heavy atom. The van der Waals surface area contributed by atoms with Gasteiger partial charge in [0, 0.05) is 24.3 Å². The third-order valence-corrected chi connectivity index (χ3v) is 3.99. The monoisotopic (exact) mass is 272 g/mol. The Labute approximate surface area is 108 Å². The van der Waals surface area contributed by atoms with E-state index >= 15 is 0 Å². The molecule has 0 aromatic heterocycles. The van der Waals surface area contributed by atoms with Crippen LogP contribution >= 0.6 is 0 Å². The standard InChI is InChI=1S/C13H15F3N2O/c14-13(15,16)7-1-3-8(4-2-7)18-11-10(17)9-5-6-19-12(9)11/h1-4,9-12,18H,5-6,17H2. The average molecular weight is 272 g/mol. The molecule has 2 aliphatic rings. The molecule has 1 aliphatic heterocycles. The lowest BCUT2D eigenvalue weighted by atomic mass is 9.72. The molecular weight excluding hydrogens is 257 g/mol. The SMILES string of the molecule is NC1C2CCOC2C1Nc1ccc(C(F)(F)F)cc1. The van der Waals surface area contributed by atoms with Crippen LogP contribution in [0.3, 0.4) is 0 Å². The molecule has 1 heterocycles. The molecule has 1 aliphatic carbocycles. The Morgan fingerprint density at radius 2 is 1.89 bits per heavy atom. The molecule has 19 heavy (non-hydrogen) atoms. The van der Waals surface area contributed by atoms with Crippen LogP contribution < -0.4 is 11.1 Å². The molecule has 4 unspecified atom stereocenters. The quantitative estimate of drug-likeness (QED) is 0.868. The lowest BCUT2D eigenvalue weighted by Crippen LogP contribution is -2.65. The largest absolute Gasteiger partial charge is 0.416 e. The maximum atomic E-state index is 12.4. The van der Waals surface area contributed by atoms with Gasteiger partial charge in [0.1, 0.15) is 0 Å². The van der Waals surface area contributed by atoms with Gasteiger partial charge in [0.15, 0.2) is 0 Å². The first-order chi connectivity index (χ1) is 8.97. The first-order valence-corrected chi connectivity index (χ1v) is 6.28. The second-order valence-corrected chi connectivity index (χ2v) is 5.11. The topological polar surface area (TPSA) is 47.3 Å². The van der Waals surface area contributed by atoms with Gasteiger partial charge in [-0.25, -0.2) is 0 Å². The van der Waals surface area contributed by atoms with Gasteiger partial charge in [-0.15, -0.1) is 0 Å². The second-order valence-electron chi connectivity index (χ2n) is 5.11. The van der Waals surface area contributed by atoms with Crippen LogP contribution in [-0.4, -0.2) is 24.8 Å². The average Bonchev–Trinajstić information content (AvgIpc) is 2.80. The number of ether oxygens (including phenoxy) is 1. The molecule has 4 atom stereocenters. The molecule has 0 spiro atoms. The van der Waals surface area contributed by atoms with Crippen LogP contribution in [0.25, 0.3) is 0 Å². The third kappa shape index (κ3) is 2.19. The number of nitrogens with two attached hydrogens (primary N) is 1. The predicted octanol–water partition coefficient (Wildman–Crippen LogP) is 2.23. The number of hydrogen-bond acceptors (Lipinski definition) is 3. The Hall–Kier alpha value is -1.27. The first-order valence-electron chi connectivity index (χ1n) is 6.28. The molecule has 3 nitrogen and oxygen atoms in total. The zero-order chi connectivity index (χ0) is 13.6. The Morgan fingerprint density at radius 3 is 2.53 bits per heavy atom. The van der Waals surface area contributed by atoms with E-state index in [1.54, 1.807) is 0 Å². The minimum absolute atomic E-state index is 0.00907. The van der Waals surface area contributed by atoms with Crippen molar-refractivity contribution in [1.82, 2.24) is 0 Å². The molecule has 3 N–H and O–H groups in total. The third-order valence-electron chi connectivity index (χ3n) is 3.99. The van der Waals surface area contributed by atoms with E-state index in [4.69, 9.17) is 10.5 Å². The molecule has 1 saturated carbocycles. The van der Waals surface area contributed by atoms with Crippen LogP contribution in [0.2, 0.25) is 0 Å². The van der Waals surface area contributed by atoms with Crippen molar-refractivity contribution < 1.29 is 17.9 Å². The first kappa shape index (κ1) is 12.7. The number of halogens is 3. The fourth-order valence-corrected chi connectivity index (χ4v) is 2.88. The maximum Gasteiger partial charge on any atom is 0.416 e. The van der Waals surface area contributed by atoms with E-state index in [-0.39, 0.29) is 18.2 Å². The zero-order valence-electron chi connectivity index (χ0n) is 10.2. The number of nitrogens with one attached hydrogen (secondary N) is 1. The molecule has 2 fully saturated rings. The van der Waals surface area contributed by atoms with Gasteiger partial charge in [-0.3, -0.25) is 0 Å². The fourth-order valence-electron chi connectivity index (χ4n) is 2.88. The summed E-state index contributed by atoms with van der Waals surface area (Å²) >= 11 is 0. The highest BCUT2D eigenvalue weighted by Gasteiger charge is 2.52. The maximum absolute atomic E-state index is 12.4. The summed E-state index contributed by atoms with van der Waals surface area (Å²) in [6.07, 6.45) is -3.24. The normalized spacial score (nSPS) is 33.7. The molecule has 1 saturated heterocycles. The van der Waals surface area contributed by atoms with Crippen LogP contribution in [0.5, 0.6) is 0 Å². The second kappa shape index (κ2) is 4.38. The van der Waals surface area contributed by atoms with Crippen molar-refractivity contribution in [3.63, 3.8) is 0 Å². The molecule has 1 aromatic carbocycles. The molecule has 1 aromatic rings. The summed E-state index contributed by atoms with van der Waals surface area (Å²) < 4.78 is 42.9. The number of alkyl halides is 3. The molecule has 0 radical (unpaired) electrons. The smallest absolute Gasteiger partial charge is 0.378 e. The summed E-state index contributed by atoms with van der Waals surface area (Å²) in [6.45, 7) is 0.716. The number of hydrogen-bond donors (Lipinski definition) is 2. The lowest BCUT2D eigenvalue weighted by molar-refractivity contribution is -0.137. The van der Waals surface area contributed by atoms with E-state index in [2.05, 4.69) is 5.32 Å². The van der Waals surface area contributed by atoms with Crippen LogP contribution in [-0.2, 0) is 10.9 Å². The number of benzene rings is 1. The van der Waals surface area contributed by atoms with Crippen molar-refractivity contribution >= 4 is 5.69 Å². The van der Waals surface area contributed by atoms with Crippen LogP contribution in [0.15, 0.2) is 24.3 Å². The summed E-state index contributed by atoms with van der Waals surface area (Å²) in [6, 6.07) is 4.99. The fraction of sp³-hybridized carbons (Fsp3) is 0.538. The van der Waals surface area contributed by atoms with E-state index in [9.17, 15) is 13.2 Å². The van der Waals surface area contributed by atoms with Gasteiger partial charge in [-0.1, -0.05) is 0 Å². The molecule has 6 heteroatoms. The highest BCUT2D eigenvalue weighted by molar-refractivity contribution is 5.47. The van der Waals surface area contributed by atoms with Crippen LogP contribution in [0.4, 0.5) is 18.9 Å². The predicted molar refractivity (Wildman–Crippen MR) is 64.7 cm³/mol. The molecule has 0 amide bonds. The van der Waals surface area contributed by atoms with Gasteiger partial charge in [-0.2, -0.15) is 13.2 Å². The van der Waals surface area contributed by atoms with Gasteiger partial charge in [0.25, 0.3) is 0 Å². The minimum Gasteiger partial charge on any atom is -0.378 e. The Balaban J connectivity index is 1.67. The molecule has 0 bridgehead atoms. The van der Waals surface area contributed by atoms with Crippen molar-refractivity contribution in [3.05, 3.63) is 29.8 Å². The highest BCUT2D eigenvalue weighted by atomic mass is 19.4. The minimum atomic E-state index is -4.30. The van der Waals surface area contributed by atoms with Crippen molar-refractivity contribution in [3.8, 4) is 0 Å². The summed E-state index contributed by atoms with van der Waals surface area (Å²) in [4.78, 5) is 0. The summed E-state index contributed by atoms with van der Waals surface area (Å²) in [5.74, 6) is 0.381. The molecule has 104 valence electrons. The summed E-state index contributed by atoms with van der Waals surface area (Å²) in [5.41, 5.74) is 6.03. The van der Waals surface area contributed by atoms with Crippen molar-refractivity contribution in [2.24, 2.45) is 11.7 Å². The highest BCUT2D eigenvalue weighted by Crippen LogP contribution is 2.39. The number of rotatable bonds is 2. The van der Waals surface area contributed by atoms with Gasteiger partial charge >= 0.3 is 6.18 Å². The summed E-state index contributed by atoms with van der Waals surface area (Å²) in [5, 5.41) is 3.16. The van der Waals surface area contributed by atoms with Crippen LogP contribution in [0, 0.1) is 5.92 Å². The van der Waals surface area contributed by atoms with E-state index in [1.165, 1.54) is 12.1 Å². The molecule has 3 rings (SSSR count). The lowest BCUT2D eigenvalue weighted by Gasteiger charge is -2.46. The van der Waals surface area contributed by atoms with E-state index in [0.717, 1.165) is 18.6 Å². The van der Waals surface area contributed by atoms with E-state index in [0.29, 0.717) is 18.2 Å². The van der Waals surface area contributed by atoms with E-state index in [1.807, 2.05) is 0 Å². The van der Waals surface area contributed by atoms with Crippen molar-refractivity contribution in [2.75, 3.05) is 11.9 Å². The van der Waals surface area contributed by atoms with Crippen molar-refractivity contribution in [1.29, 1.82) is 0 Å².